The van der Waals surface area contributed by atoms with Gasteiger partial charge in [-0.05, 0) is 31.6 Å². The molecule has 0 unspecified atom stereocenters. The van der Waals surface area contributed by atoms with Crippen molar-refractivity contribution in [1.82, 2.24) is 20.0 Å². The quantitative estimate of drug-likeness (QED) is 0.818. The first-order valence-electron chi connectivity index (χ1n) is 10.4. The Bertz CT molecular complexity index is 981. The SMILES string of the molecule is O=C(CCc1cc(Cl)no1)N1C[C@H]2CCc3c(nc(N4CCCC4)[nH]c3=O)[C@H]2C1. The topological polar surface area (TPSA) is 95.3 Å². The highest BCUT2D eigenvalue weighted by Gasteiger charge is 2.41. The Labute approximate surface area is 173 Å². The van der Waals surface area contributed by atoms with Gasteiger partial charge in [0, 0.05) is 56.6 Å². The van der Waals surface area contributed by atoms with Gasteiger partial charge in [0.25, 0.3) is 5.56 Å². The molecule has 2 aromatic heterocycles. The summed E-state index contributed by atoms with van der Waals surface area (Å²) in [6.07, 6.45) is 4.76. The van der Waals surface area contributed by atoms with Crippen LogP contribution in [0.15, 0.2) is 15.4 Å². The van der Waals surface area contributed by atoms with Crippen LogP contribution in [-0.4, -0.2) is 52.1 Å². The van der Waals surface area contributed by atoms with Crippen LogP contribution in [0, 0.1) is 5.92 Å². The summed E-state index contributed by atoms with van der Waals surface area (Å²) in [5, 5.41) is 3.95. The summed E-state index contributed by atoms with van der Waals surface area (Å²) in [4.78, 5) is 37.4. The third-order valence-electron chi connectivity index (χ3n) is 6.47. The molecule has 8 nitrogen and oxygen atoms in total. The van der Waals surface area contributed by atoms with Crippen LogP contribution < -0.4 is 10.5 Å². The van der Waals surface area contributed by atoms with Crippen LogP contribution in [0.25, 0.3) is 0 Å². The van der Waals surface area contributed by atoms with Crippen LogP contribution in [0.1, 0.15) is 48.6 Å². The van der Waals surface area contributed by atoms with Crippen LogP contribution in [0.3, 0.4) is 0 Å². The average Bonchev–Trinajstić information content (AvgIpc) is 3.46. The van der Waals surface area contributed by atoms with E-state index in [-0.39, 0.29) is 17.4 Å². The van der Waals surface area contributed by atoms with E-state index in [4.69, 9.17) is 21.1 Å². The van der Waals surface area contributed by atoms with Crippen molar-refractivity contribution in [1.29, 1.82) is 0 Å². The minimum atomic E-state index is -0.0117. The molecule has 0 aromatic carbocycles. The smallest absolute Gasteiger partial charge is 0.255 e. The highest BCUT2D eigenvalue weighted by Crippen LogP contribution is 2.40. The summed E-state index contributed by atoms with van der Waals surface area (Å²) in [6.45, 7) is 3.23. The van der Waals surface area contributed by atoms with E-state index in [1.807, 2.05) is 4.90 Å². The predicted octanol–water partition coefficient (Wildman–Crippen LogP) is 2.13. The number of aromatic nitrogens is 3. The Hall–Kier alpha value is -2.35. The van der Waals surface area contributed by atoms with Crippen molar-refractivity contribution < 1.29 is 9.32 Å². The standard InChI is InChI=1S/C20H24ClN5O3/c21-16-9-13(29-24-16)4-6-17(27)26-10-12-3-5-14-18(15(12)11-26)22-20(23-19(14)28)25-7-1-2-8-25/h9,12,15H,1-8,10-11H2,(H,22,23,28)/t12-,15+/m1/s1. The lowest BCUT2D eigenvalue weighted by Crippen LogP contribution is -2.31. The van der Waals surface area contributed by atoms with E-state index in [0.29, 0.717) is 42.2 Å². The van der Waals surface area contributed by atoms with Gasteiger partial charge in [-0.15, -0.1) is 0 Å². The lowest BCUT2D eigenvalue weighted by molar-refractivity contribution is -0.130. The second kappa shape index (κ2) is 7.48. The molecule has 0 spiro atoms. The molecule has 2 atom stereocenters. The van der Waals surface area contributed by atoms with Crippen molar-refractivity contribution in [3.8, 4) is 0 Å². The molecule has 1 N–H and O–H groups in total. The average molecular weight is 418 g/mol. The summed E-state index contributed by atoms with van der Waals surface area (Å²) in [5.74, 6) is 1.92. The number of carbonyl (C=O) groups excluding carboxylic acids is 1. The first-order chi connectivity index (χ1) is 14.1. The molecule has 0 saturated carbocycles. The molecule has 5 rings (SSSR count). The third kappa shape index (κ3) is 3.54. The van der Waals surface area contributed by atoms with Crippen LogP contribution in [0.2, 0.25) is 5.15 Å². The van der Waals surface area contributed by atoms with E-state index in [1.54, 1.807) is 6.07 Å². The first-order valence-corrected chi connectivity index (χ1v) is 10.7. The molecule has 2 saturated heterocycles. The van der Waals surface area contributed by atoms with Gasteiger partial charge in [-0.1, -0.05) is 16.8 Å². The minimum absolute atomic E-state index is 0.0117. The van der Waals surface area contributed by atoms with E-state index < -0.39 is 0 Å². The number of nitrogens with zero attached hydrogens (tertiary/aromatic N) is 4. The van der Waals surface area contributed by atoms with Gasteiger partial charge in [0.05, 0.1) is 5.69 Å². The number of carbonyl (C=O) groups is 1. The largest absolute Gasteiger partial charge is 0.360 e. The molecule has 1 aliphatic carbocycles. The second-order valence-corrected chi connectivity index (χ2v) is 8.65. The van der Waals surface area contributed by atoms with Crippen molar-refractivity contribution in [3.05, 3.63) is 38.6 Å². The molecule has 2 aromatic rings. The Morgan fingerprint density at radius 2 is 2.14 bits per heavy atom. The van der Waals surface area contributed by atoms with E-state index in [0.717, 1.165) is 56.6 Å². The molecule has 4 heterocycles. The number of H-pyrrole nitrogens is 1. The number of hydrogen-bond acceptors (Lipinski definition) is 6. The van der Waals surface area contributed by atoms with Gasteiger partial charge in [0.1, 0.15) is 5.76 Å². The molecular weight excluding hydrogens is 394 g/mol. The Morgan fingerprint density at radius 1 is 1.31 bits per heavy atom. The van der Waals surface area contributed by atoms with Gasteiger partial charge < -0.3 is 14.3 Å². The number of hydrogen-bond donors (Lipinski definition) is 1. The maximum absolute atomic E-state index is 12.8. The summed E-state index contributed by atoms with van der Waals surface area (Å²) in [7, 11) is 0. The van der Waals surface area contributed by atoms with Gasteiger partial charge in [0.15, 0.2) is 5.15 Å². The summed E-state index contributed by atoms with van der Waals surface area (Å²) in [6, 6.07) is 1.64. The van der Waals surface area contributed by atoms with Crippen LogP contribution in [-0.2, 0) is 17.6 Å². The molecule has 2 aliphatic heterocycles. The van der Waals surface area contributed by atoms with Crippen molar-refractivity contribution in [2.45, 2.75) is 44.4 Å². The minimum Gasteiger partial charge on any atom is -0.360 e. The molecule has 154 valence electrons. The molecule has 29 heavy (non-hydrogen) atoms. The number of likely N-dealkylation sites (tertiary alicyclic amines) is 1. The van der Waals surface area contributed by atoms with Crippen molar-refractivity contribution in [3.63, 3.8) is 0 Å². The van der Waals surface area contributed by atoms with Gasteiger partial charge >= 0.3 is 0 Å². The van der Waals surface area contributed by atoms with Crippen molar-refractivity contribution in [2.75, 3.05) is 31.1 Å². The predicted molar refractivity (Wildman–Crippen MR) is 107 cm³/mol. The fraction of sp³-hybridized carbons (Fsp3) is 0.600. The number of anilines is 1. The molecule has 9 heteroatoms. The molecule has 2 fully saturated rings. The molecular formula is C20H24ClN5O3. The van der Waals surface area contributed by atoms with Crippen LogP contribution in [0.5, 0.6) is 0 Å². The number of nitrogens with one attached hydrogen (secondary N) is 1. The normalized spacial score (nSPS) is 23.3. The first kappa shape index (κ1) is 18.7. The van der Waals surface area contributed by atoms with E-state index >= 15 is 0 Å². The van der Waals surface area contributed by atoms with Gasteiger partial charge in [0.2, 0.25) is 11.9 Å². The molecule has 1 amide bonds. The molecule has 0 bridgehead atoms. The van der Waals surface area contributed by atoms with Gasteiger partial charge in [-0.25, -0.2) is 4.98 Å². The fourth-order valence-corrected chi connectivity index (χ4v) is 5.09. The van der Waals surface area contributed by atoms with Crippen molar-refractivity contribution in [2.24, 2.45) is 5.92 Å². The summed E-state index contributed by atoms with van der Waals surface area (Å²) < 4.78 is 5.09. The number of aromatic amines is 1. The highest BCUT2D eigenvalue weighted by molar-refractivity contribution is 6.29. The Kier molecular flexibility index (Phi) is 4.81. The van der Waals surface area contributed by atoms with E-state index in [9.17, 15) is 9.59 Å². The maximum Gasteiger partial charge on any atom is 0.255 e. The zero-order chi connectivity index (χ0) is 20.0. The summed E-state index contributed by atoms with van der Waals surface area (Å²) in [5.41, 5.74) is 1.70. The third-order valence-corrected chi connectivity index (χ3v) is 6.64. The summed E-state index contributed by atoms with van der Waals surface area (Å²) >= 11 is 5.77. The maximum atomic E-state index is 12.8. The van der Waals surface area contributed by atoms with Crippen LogP contribution in [0.4, 0.5) is 5.95 Å². The number of aryl methyl sites for hydroxylation is 1. The zero-order valence-corrected chi connectivity index (χ0v) is 17.0. The monoisotopic (exact) mass is 417 g/mol. The van der Waals surface area contributed by atoms with Gasteiger partial charge in [-0.2, -0.15) is 0 Å². The number of halogens is 1. The number of fused-ring (bicyclic) bond motifs is 3. The fourth-order valence-electron chi connectivity index (χ4n) is 4.93. The molecule has 3 aliphatic rings. The number of rotatable bonds is 4. The van der Waals surface area contributed by atoms with Crippen molar-refractivity contribution >= 4 is 23.5 Å². The number of amides is 1. The van der Waals surface area contributed by atoms with E-state index in [2.05, 4.69) is 15.0 Å². The highest BCUT2D eigenvalue weighted by atomic mass is 35.5. The molecule has 0 radical (unpaired) electrons. The van der Waals surface area contributed by atoms with Gasteiger partial charge in [-0.3, -0.25) is 14.6 Å². The van der Waals surface area contributed by atoms with Crippen LogP contribution >= 0.6 is 11.6 Å². The van der Waals surface area contributed by atoms with E-state index in [1.165, 1.54) is 0 Å². The zero-order valence-electron chi connectivity index (χ0n) is 16.2. The Morgan fingerprint density at radius 3 is 2.90 bits per heavy atom. The second-order valence-electron chi connectivity index (χ2n) is 8.27. The lowest BCUT2D eigenvalue weighted by Gasteiger charge is -2.27. The Balaban J connectivity index is 1.32. The lowest BCUT2D eigenvalue weighted by atomic mass is 9.80.